The number of carbonyl (C=O) groups excluding carboxylic acids is 1. The van der Waals surface area contributed by atoms with Crippen LogP contribution < -0.4 is 5.32 Å². The standard InChI is InChI=1S/C12H22N2O2/c1-2-9-8-14(7-5-11(9)15)12(16)10-4-3-6-13-10/h9-11,13,15H,2-8H2,1H3/t9-,10+,11+/m1/s1. The Balaban J connectivity index is 1.91. The molecule has 3 atom stereocenters. The molecule has 2 aliphatic heterocycles. The van der Waals surface area contributed by atoms with E-state index in [0.29, 0.717) is 6.54 Å². The Bertz CT molecular complexity index is 251. The van der Waals surface area contributed by atoms with Crippen molar-refractivity contribution in [3.8, 4) is 0 Å². The Labute approximate surface area is 97.0 Å². The fourth-order valence-corrected chi connectivity index (χ4v) is 2.74. The molecule has 0 radical (unpaired) electrons. The smallest absolute Gasteiger partial charge is 0.239 e. The molecule has 2 rings (SSSR count). The molecule has 0 aromatic carbocycles. The van der Waals surface area contributed by atoms with Crippen molar-refractivity contribution in [2.45, 2.75) is 44.8 Å². The van der Waals surface area contributed by atoms with Gasteiger partial charge in [0.25, 0.3) is 0 Å². The second kappa shape index (κ2) is 5.15. The predicted molar refractivity (Wildman–Crippen MR) is 62.0 cm³/mol. The van der Waals surface area contributed by atoms with Gasteiger partial charge in [-0.15, -0.1) is 0 Å². The first kappa shape index (κ1) is 11.9. The van der Waals surface area contributed by atoms with Gasteiger partial charge in [-0.05, 0) is 32.2 Å². The van der Waals surface area contributed by atoms with Crippen molar-refractivity contribution in [2.75, 3.05) is 19.6 Å². The average Bonchev–Trinajstić information content (AvgIpc) is 2.82. The summed E-state index contributed by atoms with van der Waals surface area (Å²) in [7, 11) is 0. The largest absolute Gasteiger partial charge is 0.393 e. The Morgan fingerprint density at radius 1 is 1.50 bits per heavy atom. The topological polar surface area (TPSA) is 52.6 Å². The maximum atomic E-state index is 12.2. The highest BCUT2D eigenvalue weighted by Gasteiger charge is 2.33. The Morgan fingerprint density at radius 3 is 2.94 bits per heavy atom. The SMILES string of the molecule is CC[C@@H]1CN(C(=O)[C@@H]2CCCN2)CC[C@@H]1O. The van der Waals surface area contributed by atoms with Crippen LogP contribution in [-0.4, -0.2) is 47.7 Å². The van der Waals surface area contributed by atoms with Crippen molar-refractivity contribution in [1.82, 2.24) is 10.2 Å². The van der Waals surface area contributed by atoms with Crippen LogP contribution in [0.15, 0.2) is 0 Å². The second-order valence-corrected chi connectivity index (χ2v) is 4.96. The van der Waals surface area contributed by atoms with Gasteiger partial charge < -0.3 is 15.3 Å². The number of hydrogen-bond donors (Lipinski definition) is 2. The van der Waals surface area contributed by atoms with Gasteiger partial charge in [0.2, 0.25) is 5.91 Å². The number of amides is 1. The number of aliphatic hydroxyl groups is 1. The third kappa shape index (κ3) is 2.38. The molecule has 1 amide bonds. The van der Waals surface area contributed by atoms with E-state index in [1.54, 1.807) is 0 Å². The van der Waals surface area contributed by atoms with Crippen LogP contribution in [-0.2, 0) is 4.79 Å². The molecule has 0 bridgehead atoms. The Morgan fingerprint density at radius 2 is 2.31 bits per heavy atom. The zero-order chi connectivity index (χ0) is 11.5. The van der Waals surface area contributed by atoms with Crippen molar-refractivity contribution < 1.29 is 9.90 Å². The maximum Gasteiger partial charge on any atom is 0.239 e. The summed E-state index contributed by atoms with van der Waals surface area (Å²) < 4.78 is 0. The first-order valence-electron chi connectivity index (χ1n) is 6.42. The third-order valence-corrected chi connectivity index (χ3v) is 3.89. The summed E-state index contributed by atoms with van der Waals surface area (Å²) in [6.07, 6.45) is 3.53. The summed E-state index contributed by atoms with van der Waals surface area (Å²) in [6, 6.07) is 0.0350. The number of nitrogens with zero attached hydrogens (tertiary/aromatic N) is 1. The predicted octanol–water partition coefficient (Wildman–Crippen LogP) is 0.358. The minimum atomic E-state index is -0.217. The number of rotatable bonds is 2. The van der Waals surface area contributed by atoms with Crippen molar-refractivity contribution in [2.24, 2.45) is 5.92 Å². The Kier molecular flexibility index (Phi) is 3.82. The number of hydrogen-bond acceptors (Lipinski definition) is 3. The molecule has 2 fully saturated rings. The van der Waals surface area contributed by atoms with E-state index < -0.39 is 0 Å². The van der Waals surface area contributed by atoms with E-state index in [2.05, 4.69) is 12.2 Å². The van der Waals surface area contributed by atoms with Gasteiger partial charge in [-0.25, -0.2) is 0 Å². The van der Waals surface area contributed by atoms with E-state index in [0.717, 1.165) is 38.8 Å². The van der Waals surface area contributed by atoms with E-state index in [-0.39, 0.29) is 24.0 Å². The number of aliphatic hydroxyl groups excluding tert-OH is 1. The molecular formula is C12H22N2O2. The van der Waals surface area contributed by atoms with Crippen LogP contribution >= 0.6 is 0 Å². The number of nitrogens with one attached hydrogen (secondary N) is 1. The lowest BCUT2D eigenvalue weighted by atomic mass is 9.92. The highest BCUT2D eigenvalue weighted by molar-refractivity contribution is 5.82. The molecular weight excluding hydrogens is 204 g/mol. The molecule has 0 aromatic rings. The molecule has 92 valence electrons. The van der Waals surface area contributed by atoms with E-state index in [9.17, 15) is 9.90 Å². The number of piperidine rings is 1. The first-order chi connectivity index (χ1) is 7.72. The second-order valence-electron chi connectivity index (χ2n) is 4.96. The van der Waals surface area contributed by atoms with E-state index >= 15 is 0 Å². The minimum absolute atomic E-state index is 0.0350. The number of carbonyl (C=O) groups is 1. The van der Waals surface area contributed by atoms with Crippen molar-refractivity contribution in [1.29, 1.82) is 0 Å². The van der Waals surface area contributed by atoms with Gasteiger partial charge in [-0.1, -0.05) is 6.92 Å². The maximum absolute atomic E-state index is 12.2. The molecule has 2 aliphatic rings. The fraction of sp³-hybridized carbons (Fsp3) is 0.917. The third-order valence-electron chi connectivity index (χ3n) is 3.89. The van der Waals surface area contributed by atoms with Gasteiger partial charge >= 0.3 is 0 Å². The summed E-state index contributed by atoms with van der Waals surface area (Å²) in [5, 5.41) is 13.0. The summed E-state index contributed by atoms with van der Waals surface area (Å²) in [4.78, 5) is 14.1. The lowest BCUT2D eigenvalue weighted by molar-refractivity contribution is -0.136. The lowest BCUT2D eigenvalue weighted by Crippen LogP contribution is -2.51. The fourth-order valence-electron chi connectivity index (χ4n) is 2.74. The summed E-state index contributed by atoms with van der Waals surface area (Å²) in [5.41, 5.74) is 0. The van der Waals surface area contributed by atoms with E-state index in [1.807, 2.05) is 4.90 Å². The molecule has 2 N–H and O–H groups in total. The molecule has 0 spiro atoms. The van der Waals surface area contributed by atoms with Crippen LogP contribution in [0.1, 0.15) is 32.6 Å². The van der Waals surface area contributed by atoms with Gasteiger partial charge in [-0.2, -0.15) is 0 Å². The zero-order valence-electron chi connectivity index (χ0n) is 9.98. The van der Waals surface area contributed by atoms with E-state index in [1.165, 1.54) is 0 Å². The van der Waals surface area contributed by atoms with Crippen molar-refractivity contribution >= 4 is 5.91 Å². The molecule has 0 unspecified atom stereocenters. The van der Waals surface area contributed by atoms with Crippen LogP contribution in [0, 0.1) is 5.92 Å². The molecule has 16 heavy (non-hydrogen) atoms. The van der Waals surface area contributed by atoms with Gasteiger partial charge in [-0.3, -0.25) is 4.79 Å². The van der Waals surface area contributed by atoms with Gasteiger partial charge in [0.1, 0.15) is 0 Å². The molecule has 0 aliphatic carbocycles. The Hall–Kier alpha value is -0.610. The first-order valence-corrected chi connectivity index (χ1v) is 6.42. The van der Waals surface area contributed by atoms with Crippen LogP contribution in [0.4, 0.5) is 0 Å². The highest BCUT2D eigenvalue weighted by Crippen LogP contribution is 2.21. The zero-order valence-corrected chi connectivity index (χ0v) is 9.98. The molecule has 0 aromatic heterocycles. The van der Waals surface area contributed by atoms with Crippen LogP contribution in [0.2, 0.25) is 0 Å². The van der Waals surface area contributed by atoms with Gasteiger partial charge in [0, 0.05) is 19.0 Å². The van der Waals surface area contributed by atoms with Crippen molar-refractivity contribution in [3.05, 3.63) is 0 Å². The van der Waals surface area contributed by atoms with Crippen LogP contribution in [0.3, 0.4) is 0 Å². The normalized spacial score (nSPS) is 35.4. The van der Waals surface area contributed by atoms with Crippen LogP contribution in [0.5, 0.6) is 0 Å². The molecule has 2 saturated heterocycles. The summed E-state index contributed by atoms with van der Waals surface area (Å²) in [6.45, 7) is 4.49. The lowest BCUT2D eigenvalue weighted by Gasteiger charge is -2.37. The summed E-state index contributed by atoms with van der Waals surface area (Å²) >= 11 is 0. The summed E-state index contributed by atoms with van der Waals surface area (Å²) in [5.74, 6) is 0.502. The van der Waals surface area contributed by atoms with E-state index in [4.69, 9.17) is 0 Å². The average molecular weight is 226 g/mol. The minimum Gasteiger partial charge on any atom is -0.393 e. The van der Waals surface area contributed by atoms with Crippen LogP contribution in [0.25, 0.3) is 0 Å². The molecule has 2 heterocycles. The van der Waals surface area contributed by atoms with Gasteiger partial charge in [0.15, 0.2) is 0 Å². The molecule has 4 heteroatoms. The molecule has 4 nitrogen and oxygen atoms in total. The highest BCUT2D eigenvalue weighted by atomic mass is 16.3. The van der Waals surface area contributed by atoms with Gasteiger partial charge in [0.05, 0.1) is 12.1 Å². The quantitative estimate of drug-likeness (QED) is 0.715. The van der Waals surface area contributed by atoms with Crippen molar-refractivity contribution in [3.63, 3.8) is 0 Å². The monoisotopic (exact) mass is 226 g/mol. The molecule has 0 saturated carbocycles. The number of likely N-dealkylation sites (tertiary alicyclic amines) is 1.